The Balaban J connectivity index is 2.64. The zero-order chi connectivity index (χ0) is 15.7. The minimum Gasteiger partial charge on any atom is -0.491 e. The molecule has 0 heterocycles. The highest BCUT2D eigenvalue weighted by Crippen LogP contribution is 2.32. The van der Waals surface area contributed by atoms with Crippen LogP contribution in [0.3, 0.4) is 0 Å². The summed E-state index contributed by atoms with van der Waals surface area (Å²) in [5.74, 6) is -0.444. The van der Waals surface area contributed by atoms with Gasteiger partial charge < -0.3 is 20.1 Å². The molecule has 0 radical (unpaired) electrons. The first-order valence-electron chi connectivity index (χ1n) is 6.96. The van der Waals surface area contributed by atoms with Gasteiger partial charge in [0.05, 0.1) is 12.7 Å². The number of carboxylic acid groups (broad SMARTS) is 1. The van der Waals surface area contributed by atoms with Gasteiger partial charge >= 0.3 is 5.97 Å². The fourth-order valence-electron chi connectivity index (χ4n) is 2.02. The van der Waals surface area contributed by atoms with Crippen LogP contribution in [0.1, 0.15) is 31.4 Å². The molecule has 3 N–H and O–H groups in total. The first-order chi connectivity index (χ1) is 10.1. The Labute approximate surface area is 124 Å². The quantitative estimate of drug-likeness (QED) is 0.607. The van der Waals surface area contributed by atoms with E-state index in [0.717, 1.165) is 6.08 Å². The molecule has 116 valence electrons. The SMILES string of the molecule is C[C@H](CC/C=C/C(=O)O)[C@@H](O)c1ccccc1OCCO. The largest absolute Gasteiger partial charge is 0.491 e. The van der Waals surface area contributed by atoms with Crippen LogP contribution < -0.4 is 4.74 Å². The molecular formula is C16H22O5. The molecule has 0 aliphatic heterocycles. The topological polar surface area (TPSA) is 87.0 Å². The third-order valence-electron chi connectivity index (χ3n) is 3.17. The molecule has 0 fully saturated rings. The van der Waals surface area contributed by atoms with Crippen LogP contribution in [-0.2, 0) is 4.79 Å². The molecule has 0 aliphatic carbocycles. The van der Waals surface area contributed by atoms with Crippen molar-refractivity contribution in [1.29, 1.82) is 0 Å². The number of para-hydroxylation sites is 1. The van der Waals surface area contributed by atoms with Gasteiger partial charge in [0.15, 0.2) is 0 Å². The van der Waals surface area contributed by atoms with Crippen LogP contribution in [0.5, 0.6) is 5.75 Å². The van der Waals surface area contributed by atoms with Crippen molar-refractivity contribution in [2.75, 3.05) is 13.2 Å². The van der Waals surface area contributed by atoms with E-state index in [2.05, 4.69) is 0 Å². The van der Waals surface area contributed by atoms with Gasteiger partial charge in [0.1, 0.15) is 12.4 Å². The number of aliphatic hydroxyl groups is 2. The molecule has 5 nitrogen and oxygen atoms in total. The summed E-state index contributed by atoms with van der Waals surface area (Å²) in [6, 6.07) is 7.18. The number of aliphatic hydroxyl groups excluding tert-OH is 2. The molecule has 5 heteroatoms. The molecule has 1 aromatic carbocycles. The van der Waals surface area contributed by atoms with Crippen molar-refractivity contribution in [3.8, 4) is 5.75 Å². The maximum atomic E-state index is 10.4. The maximum Gasteiger partial charge on any atom is 0.327 e. The van der Waals surface area contributed by atoms with E-state index in [1.54, 1.807) is 18.2 Å². The number of rotatable bonds is 9. The Morgan fingerprint density at radius 2 is 2.10 bits per heavy atom. The molecule has 21 heavy (non-hydrogen) atoms. The van der Waals surface area contributed by atoms with Gasteiger partial charge in [-0.2, -0.15) is 0 Å². The van der Waals surface area contributed by atoms with E-state index in [1.807, 2.05) is 19.1 Å². The lowest BCUT2D eigenvalue weighted by atomic mass is 9.92. The number of benzene rings is 1. The molecule has 0 saturated carbocycles. The summed E-state index contributed by atoms with van der Waals surface area (Å²) in [6.07, 6.45) is 3.25. The van der Waals surface area contributed by atoms with Crippen molar-refractivity contribution in [2.45, 2.75) is 25.9 Å². The molecule has 1 rings (SSSR count). The van der Waals surface area contributed by atoms with Gasteiger partial charge in [-0.15, -0.1) is 0 Å². The van der Waals surface area contributed by atoms with E-state index < -0.39 is 12.1 Å². The second-order valence-corrected chi connectivity index (χ2v) is 4.85. The molecule has 1 aromatic rings. The Hall–Kier alpha value is -1.85. The van der Waals surface area contributed by atoms with E-state index >= 15 is 0 Å². The van der Waals surface area contributed by atoms with Crippen LogP contribution in [0.15, 0.2) is 36.4 Å². The normalized spacial score (nSPS) is 14.0. The Morgan fingerprint density at radius 1 is 1.38 bits per heavy atom. The molecule has 0 aromatic heterocycles. The summed E-state index contributed by atoms with van der Waals surface area (Å²) in [4.78, 5) is 10.4. The summed E-state index contributed by atoms with van der Waals surface area (Å²) >= 11 is 0. The van der Waals surface area contributed by atoms with Crippen molar-refractivity contribution < 1.29 is 24.9 Å². The lowest BCUT2D eigenvalue weighted by Gasteiger charge is -2.21. The summed E-state index contributed by atoms with van der Waals surface area (Å²) in [5, 5.41) is 27.7. The third kappa shape index (κ3) is 5.97. The predicted molar refractivity (Wildman–Crippen MR) is 79.2 cm³/mol. The molecule has 0 spiro atoms. The first kappa shape index (κ1) is 17.2. The molecule has 0 bridgehead atoms. The highest BCUT2D eigenvalue weighted by atomic mass is 16.5. The lowest BCUT2D eigenvalue weighted by molar-refractivity contribution is -0.131. The molecule has 0 amide bonds. The minimum atomic E-state index is -0.967. The molecular weight excluding hydrogens is 272 g/mol. The molecule has 2 atom stereocenters. The number of carbonyl (C=O) groups is 1. The second-order valence-electron chi connectivity index (χ2n) is 4.85. The minimum absolute atomic E-state index is 0.0395. The van der Waals surface area contributed by atoms with E-state index in [4.69, 9.17) is 14.9 Å². The zero-order valence-electron chi connectivity index (χ0n) is 12.1. The number of allylic oxidation sites excluding steroid dienone is 1. The van der Waals surface area contributed by atoms with Gasteiger partial charge in [0.2, 0.25) is 0 Å². The van der Waals surface area contributed by atoms with Crippen LogP contribution in [0.2, 0.25) is 0 Å². The van der Waals surface area contributed by atoms with E-state index in [0.29, 0.717) is 24.2 Å². The van der Waals surface area contributed by atoms with Crippen LogP contribution >= 0.6 is 0 Å². The van der Waals surface area contributed by atoms with Gasteiger partial charge in [0, 0.05) is 11.6 Å². The predicted octanol–water partition coefficient (Wildman–Crippen LogP) is 2.15. The zero-order valence-corrected chi connectivity index (χ0v) is 12.1. The van der Waals surface area contributed by atoms with E-state index in [9.17, 15) is 9.90 Å². The smallest absolute Gasteiger partial charge is 0.327 e. The average molecular weight is 294 g/mol. The Kier molecular flexibility index (Phi) is 7.50. The fourth-order valence-corrected chi connectivity index (χ4v) is 2.02. The summed E-state index contributed by atoms with van der Waals surface area (Å²) in [7, 11) is 0. The average Bonchev–Trinajstić information content (AvgIpc) is 2.48. The summed E-state index contributed by atoms with van der Waals surface area (Å²) in [6.45, 7) is 2.00. The van der Waals surface area contributed by atoms with Crippen LogP contribution in [-0.4, -0.2) is 34.5 Å². The molecule has 0 unspecified atom stereocenters. The Bertz CT molecular complexity index is 469. The fraction of sp³-hybridized carbons (Fsp3) is 0.438. The molecule has 0 aliphatic rings. The van der Waals surface area contributed by atoms with Crippen molar-refractivity contribution in [1.82, 2.24) is 0 Å². The van der Waals surface area contributed by atoms with Crippen molar-refractivity contribution in [3.63, 3.8) is 0 Å². The highest BCUT2D eigenvalue weighted by Gasteiger charge is 2.19. The van der Waals surface area contributed by atoms with Gasteiger partial charge in [0.25, 0.3) is 0 Å². The number of hydrogen-bond acceptors (Lipinski definition) is 4. The number of hydrogen-bond donors (Lipinski definition) is 3. The monoisotopic (exact) mass is 294 g/mol. The molecule has 0 saturated heterocycles. The van der Waals surface area contributed by atoms with Gasteiger partial charge in [-0.1, -0.05) is 31.2 Å². The summed E-state index contributed by atoms with van der Waals surface area (Å²) < 4.78 is 5.41. The van der Waals surface area contributed by atoms with E-state index in [1.165, 1.54) is 0 Å². The number of ether oxygens (including phenoxy) is 1. The van der Waals surface area contributed by atoms with Crippen LogP contribution in [0.4, 0.5) is 0 Å². The first-order valence-corrected chi connectivity index (χ1v) is 6.96. The number of carboxylic acids is 1. The standard InChI is InChI=1S/C16H22O5/c1-12(6-2-5-9-15(18)19)16(20)13-7-3-4-8-14(13)21-11-10-17/h3-5,7-9,12,16-17,20H,2,6,10-11H2,1H3,(H,18,19)/b9-5+/t12-,16-/m1/s1. The van der Waals surface area contributed by atoms with Crippen molar-refractivity contribution in [3.05, 3.63) is 42.0 Å². The van der Waals surface area contributed by atoms with Gasteiger partial charge in [-0.3, -0.25) is 0 Å². The maximum absolute atomic E-state index is 10.4. The second kappa shape index (κ2) is 9.15. The lowest BCUT2D eigenvalue weighted by Crippen LogP contribution is -2.12. The van der Waals surface area contributed by atoms with Crippen molar-refractivity contribution in [2.24, 2.45) is 5.92 Å². The van der Waals surface area contributed by atoms with Crippen molar-refractivity contribution >= 4 is 5.97 Å². The highest BCUT2D eigenvalue weighted by molar-refractivity contribution is 5.79. The van der Waals surface area contributed by atoms with Crippen LogP contribution in [0, 0.1) is 5.92 Å². The van der Waals surface area contributed by atoms with Gasteiger partial charge in [-0.25, -0.2) is 4.79 Å². The van der Waals surface area contributed by atoms with Gasteiger partial charge in [-0.05, 0) is 24.8 Å². The third-order valence-corrected chi connectivity index (χ3v) is 3.17. The number of aliphatic carboxylic acids is 1. The van der Waals surface area contributed by atoms with E-state index in [-0.39, 0.29) is 19.1 Å². The Morgan fingerprint density at radius 3 is 2.76 bits per heavy atom. The van der Waals surface area contributed by atoms with Crippen LogP contribution in [0.25, 0.3) is 0 Å². The summed E-state index contributed by atoms with van der Waals surface area (Å²) in [5.41, 5.74) is 0.681.